The van der Waals surface area contributed by atoms with E-state index in [0.717, 1.165) is 19.1 Å². The van der Waals surface area contributed by atoms with Gasteiger partial charge in [-0.1, -0.05) is 12.1 Å². The van der Waals surface area contributed by atoms with Gasteiger partial charge in [0, 0.05) is 6.42 Å². The van der Waals surface area contributed by atoms with E-state index in [1.165, 1.54) is 6.20 Å². The predicted molar refractivity (Wildman–Crippen MR) is 35.9 cm³/mol. The zero-order valence-corrected chi connectivity index (χ0v) is 5.83. The normalized spacial score (nSPS) is 9.70. The number of carbonyl (C=O) groups excluding carboxylic acids is 1. The molecule has 0 saturated carbocycles. The molecule has 0 N–H and O–H groups in total. The molecule has 0 amide bonds. The van der Waals surface area contributed by atoms with Crippen molar-refractivity contribution in [3.05, 3.63) is 17.5 Å². The Labute approximate surface area is 59.0 Å². The van der Waals surface area contributed by atoms with E-state index >= 15 is 0 Å². The van der Waals surface area contributed by atoms with Gasteiger partial charge >= 0.3 is 0 Å². The molecule has 0 aliphatic carbocycles. The van der Waals surface area contributed by atoms with Gasteiger partial charge in [0.2, 0.25) is 0 Å². The molecule has 0 aliphatic heterocycles. The van der Waals surface area contributed by atoms with Crippen molar-refractivity contribution in [1.29, 1.82) is 0 Å². The summed E-state index contributed by atoms with van der Waals surface area (Å²) in [7, 11) is 0. The Morgan fingerprint density at radius 1 is 1.80 bits per heavy atom. The van der Waals surface area contributed by atoms with Gasteiger partial charge in [-0.25, -0.2) is 0 Å². The number of aldehydes is 1. The number of carbonyl (C=O) groups is 1. The Balaban J connectivity index is 2.79. The summed E-state index contributed by atoms with van der Waals surface area (Å²) in [4.78, 5) is 10.3. The molecule has 1 aromatic rings. The first-order valence-electron chi connectivity index (χ1n) is 3.27. The molecular formula is C7H9NO2. The van der Waals surface area contributed by atoms with Gasteiger partial charge in [-0.2, -0.15) is 0 Å². The quantitative estimate of drug-likeness (QED) is 0.595. The highest BCUT2D eigenvalue weighted by Gasteiger charge is 2.03. The number of hydrogen-bond donors (Lipinski definition) is 0. The highest BCUT2D eigenvalue weighted by molar-refractivity contribution is 5.75. The molecule has 0 atom stereocenters. The first kappa shape index (κ1) is 6.99. The summed E-state index contributed by atoms with van der Waals surface area (Å²) >= 11 is 0. The molecule has 0 saturated heterocycles. The van der Waals surface area contributed by atoms with Crippen LogP contribution in [0.2, 0.25) is 0 Å². The molecule has 10 heavy (non-hydrogen) atoms. The number of rotatable bonds is 3. The van der Waals surface area contributed by atoms with Gasteiger partial charge in [0.25, 0.3) is 0 Å². The molecule has 54 valence electrons. The third kappa shape index (κ3) is 1.23. The van der Waals surface area contributed by atoms with Crippen LogP contribution in [0.5, 0.6) is 0 Å². The molecule has 1 aromatic heterocycles. The van der Waals surface area contributed by atoms with E-state index in [1.807, 2.05) is 6.92 Å². The minimum absolute atomic E-state index is 0.571. The minimum atomic E-state index is 0.571. The van der Waals surface area contributed by atoms with Crippen molar-refractivity contribution in [2.24, 2.45) is 0 Å². The third-order valence-corrected chi connectivity index (χ3v) is 1.28. The fraction of sp³-hybridized carbons (Fsp3) is 0.429. The lowest BCUT2D eigenvalue weighted by atomic mass is 10.2. The fourth-order valence-corrected chi connectivity index (χ4v) is 0.785. The second-order valence-corrected chi connectivity index (χ2v) is 2.07. The molecule has 0 radical (unpaired) electrons. The standard InChI is InChI=1S/C7H9NO2/c1-2-3-7-6(5-9)4-8-10-7/h4-5H,2-3H2,1H3. The monoisotopic (exact) mass is 139 g/mol. The molecule has 3 nitrogen and oxygen atoms in total. The average Bonchev–Trinajstić information content (AvgIpc) is 2.36. The van der Waals surface area contributed by atoms with Crippen LogP contribution in [0.15, 0.2) is 10.7 Å². The van der Waals surface area contributed by atoms with Crippen LogP contribution in [0, 0.1) is 0 Å². The van der Waals surface area contributed by atoms with Gasteiger partial charge in [-0.15, -0.1) is 0 Å². The number of hydrogen-bond acceptors (Lipinski definition) is 3. The van der Waals surface area contributed by atoms with Crippen molar-refractivity contribution in [2.75, 3.05) is 0 Å². The van der Waals surface area contributed by atoms with Gasteiger partial charge in [-0.3, -0.25) is 4.79 Å². The molecule has 0 bridgehead atoms. The lowest BCUT2D eigenvalue weighted by molar-refractivity contribution is 0.112. The molecule has 1 heterocycles. The van der Waals surface area contributed by atoms with Crippen molar-refractivity contribution in [3.8, 4) is 0 Å². The van der Waals surface area contributed by atoms with Gasteiger partial charge in [0.05, 0.1) is 11.8 Å². The molecule has 0 aromatic carbocycles. The number of aromatic nitrogens is 1. The maximum Gasteiger partial charge on any atom is 0.155 e. The lowest BCUT2D eigenvalue weighted by Crippen LogP contribution is -1.84. The highest BCUT2D eigenvalue weighted by Crippen LogP contribution is 2.06. The average molecular weight is 139 g/mol. The first-order chi connectivity index (χ1) is 4.88. The van der Waals surface area contributed by atoms with E-state index in [9.17, 15) is 4.79 Å². The first-order valence-corrected chi connectivity index (χ1v) is 3.27. The zero-order valence-electron chi connectivity index (χ0n) is 5.83. The summed E-state index contributed by atoms with van der Waals surface area (Å²) in [6.45, 7) is 2.02. The smallest absolute Gasteiger partial charge is 0.155 e. The molecule has 0 unspecified atom stereocenters. The Morgan fingerprint density at radius 2 is 2.60 bits per heavy atom. The van der Waals surface area contributed by atoms with Crippen LogP contribution in [-0.2, 0) is 6.42 Å². The summed E-state index contributed by atoms with van der Waals surface area (Å²) in [5, 5.41) is 3.51. The summed E-state index contributed by atoms with van der Waals surface area (Å²) in [6, 6.07) is 0. The second kappa shape index (κ2) is 3.15. The van der Waals surface area contributed by atoms with Crippen LogP contribution in [0.4, 0.5) is 0 Å². The molecule has 0 spiro atoms. The fourth-order valence-electron chi connectivity index (χ4n) is 0.785. The maximum atomic E-state index is 10.3. The zero-order chi connectivity index (χ0) is 7.40. The summed E-state index contributed by atoms with van der Waals surface area (Å²) < 4.78 is 4.81. The van der Waals surface area contributed by atoms with Gasteiger partial charge in [0.1, 0.15) is 5.76 Å². The molecule has 3 heteroatoms. The van der Waals surface area contributed by atoms with E-state index < -0.39 is 0 Å². The van der Waals surface area contributed by atoms with Crippen molar-refractivity contribution in [1.82, 2.24) is 5.16 Å². The predicted octanol–water partition coefficient (Wildman–Crippen LogP) is 1.44. The largest absolute Gasteiger partial charge is 0.361 e. The van der Waals surface area contributed by atoms with E-state index in [0.29, 0.717) is 11.3 Å². The van der Waals surface area contributed by atoms with Crippen molar-refractivity contribution in [3.63, 3.8) is 0 Å². The van der Waals surface area contributed by atoms with Crippen LogP contribution in [0.25, 0.3) is 0 Å². The Hall–Kier alpha value is -1.12. The van der Waals surface area contributed by atoms with Crippen molar-refractivity contribution in [2.45, 2.75) is 19.8 Å². The molecule has 0 fully saturated rings. The van der Waals surface area contributed by atoms with Crippen LogP contribution >= 0.6 is 0 Å². The van der Waals surface area contributed by atoms with Crippen LogP contribution in [-0.4, -0.2) is 11.4 Å². The number of nitrogens with zero attached hydrogens (tertiary/aromatic N) is 1. The van der Waals surface area contributed by atoms with Gasteiger partial charge < -0.3 is 4.52 Å². The highest BCUT2D eigenvalue weighted by atomic mass is 16.5. The Kier molecular flexibility index (Phi) is 2.20. The Bertz CT molecular complexity index is 217. The maximum absolute atomic E-state index is 10.3. The topological polar surface area (TPSA) is 43.1 Å². The lowest BCUT2D eigenvalue weighted by Gasteiger charge is -1.88. The SMILES string of the molecule is CCCc1oncc1C=O. The van der Waals surface area contributed by atoms with E-state index in [1.54, 1.807) is 0 Å². The van der Waals surface area contributed by atoms with Crippen LogP contribution in [0.3, 0.4) is 0 Å². The molecule has 1 rings (SSSR count). The second-order valence-electron chi connectivity index (χ2n) is 2.07. The molecular weight excluding hydrogens is 130 g/mol. The van der Waals surface area contributed by atoms with Crippen LogP contribution < -0.4 is 0 Å². The number of aryl methyl sites for hydroxylation is 1. The van der Waals surface area contributed by atoms with Crippen LogP contribution in [0.1, 0.15) is 29.5 Å². The summed E-state index contributed by atoms with van der Waals surface area (Å²) in [5.41, 5.74) is 0.571. The summed E-state index contributed by atoms with van der Waals surface area (Å²) in [5.74, 6) is 0.692. The van der Waals surface area contributed by atoms with Gasteiger partial charge in [-0.05, 0) is 6.42 Å². The van der Waals surface area contributed by atoms with Crippen molar-refractivity contribution >= 4 is 6.29 Å². The third-order valence-electron chi connectivity index (χ3n) is 1.28. The van der Waals surface area contributed by atoms with E-state index in [-0.39, 0.29) is 0 Å². The van der Waals surface area contributed by atoms with E-state index in [2.05, 4.69) is 5.16 Å². The van der Waals surface area contributed by atoms with E-state index in [4.69, 9.17) is 4.52 Å². The minimum Gasteiger partial charge on any atom is -0.361 e. The summed E-state index contributed by atoms with van der Waals surface area (Å²) in [6.07, 6.45) is 3.96. The Morgan fingerprint density at radius 3 is 3.20 bits per heavy atom. The molecule has 0 aliphatic rings. The van der Waals surface area contributed by atoms with Gasteiger partial charge in [0.15, 0.2) is 6.29 Å². The van der Waals surface area contributed by atoms with Crippen molar-refractivity contribution < 1.29 is 9.32 Å².